The molecule has 1 nitrogen and oxygen atoms in total. The molecule has 0 spiro atoms. The largest absolute Gasteiger partial charge is 0.330 e. The van der Waals surface area contributed by atoms with E-state index in [0.29, 0.717) is 19.4 Å². The first-order chi connectivity index (χ1) is 4.97. The highest BCUT2D eigenvalue weighted by Crippen LogP contribution is 2.42. The van der Waals surface area contributed by atoms with Gasteiger partial charge in [-0.15, -0.1) is 12.4 Å². The molecule has 0 radical (unpaired) electrons. The van der Waals surface area contributed by atoms with E-state index in [-0.39, 0.29) is 30.7 Å². The van der Waals surface area contributed by atoms with Crippen molar-refractivity contribution in [2.75, 3.05) is 6.54 Å². The van der Waals surface area contributed by atoms with Crippen molar-refractivity contribution in [3.8, 4) is 0 Å². The average Bonchev–Trinajstić information content (AvgIpc) is 1.97. The highest BCUT2D eigenvalue weighted by Gasteiger charge is 2.39. The first-order valence-corrected chi connectivity index (χ1v) is 4.05. The fourth-order valence-corrected chi connectivity index (χ4v) is 1.42. The van der Waals surface area contributed by atoms with Gasteiger partial charge >= 0.3 is 0 Å². The molecule has 0 aromatic carbocycles. The molecule has 0 aliphatic heterocycles. The van der Waals surface area contributed by atoms with Gasteiger partial charge in [-0.05, 0) is 24.8 Å². The lowest BCUT2D eigenvalue weighted by atomic mass is 9.74. The van der Waals surface area contributed by atoms with Crippen LogP contribution in [0.5, 0.6) is 0 Å². The smallest absolute Gasteiger partial charge is 0.248 e. The fourth-order valence-electron chi connectivity index (χ4n) is 1.42. The maximum atomic E-state index is 12.6. The van der Waals surface area contributed by atoms with Crippen LogP contribution in [0, 0.1) is 5.41 Å². The molecule has 12 heavy (non-hydrogen) atoms. The minimum Gasteiger partial charge on any atom is -0.330 e. The Kier molecular flexibility index (Phi) is 3.91. The third-order valence-corrected chi connectivity index (χ3v) is 2.68. The Balaban J connectivity index is 0.00000121. The van der Waals surface area contributed by atoms with E-state index in [0.717, 1.165) is 0 Å². The summed E-state index contributed by atoms with van der Waals surface area (Å²) in [6.45, 7) is 2.52. The molecule has 1 rings (SSSR count). The monoisotopic (exact) mass is 199 g/mol. The molecular weight excluding hydrogens is 184 g/mol. The quantitative estimate of drug-likeness (QED) is 0.690. The molecule has 1 aliphatic carbocycles. The molecule has 1 fully saturated rings. The Morgan fingerprint density at radius 3 is 1.92 bits per heavy atom. The molecule has 4 heteroatoms. The van der Waals surface area contributed by atoms with Crippen molar-refractivity contribution >= 4 is 12.4 Å². The maximum absolute atomic E-state index is 12.6. The van der Waals surface area contributed by atoms with Gasteiger partial charge in [0.1, 0.15) is 0 Å². The van der Waals surface area contributed by atoms with Gasteiger partial charge in [-0.2, -0.15) is 0 Å². The van der Waals surface area contributed by atoms with Crippen LogP contribution in [0.25, 0.3) is 0 Å². The summed E-state index contributed by atoms with van der Waals surface area (Å²) in [5.74, 6) is -2.42. The van der Waals surface area contributed by atoms with Crippen LogP contribution in [0.3, 0.4) is 0 Å². The van der Waals surface area contributed by atoms with Gasteiger partial charge in [0.15, 0.2) is 0 Å². The highest BCUT2D eigenvalue weighted by atomic mass is 35.5. The van der Waals surface area contributed by atoms with Crippen LogP contribution in [0.15, 0.2) is 0 Å². The first kappa shape index (κ1) is 12.1. The Labute approximate surface area is 78.1 Å². The summed E-state index contributed by atoms with van der Waals surface area (Å²) >= 11 is 0. The Morgan fingerprint density at radius 1 is 1.17 bits per heavy atom. The van der Waals surface area contributed by atoms with E-state index >= 15 is 0 Å². The number of hydrogen-bond acceptors (Lipinski definition) is 1. The van der Waals surface area contributed by atoms with Gasteiger partial charge in [0.05, 0.1) is 0 Å². The van der Waals surface area contributed by atoms with Gasteiger partial charge in [-0.3, -0.25) is 0 Å². The fraction of sp³-hybridized carbons (Fsp3) is 1.00. The minimum atomic E-state index is -2.42. The van der Waals surface area contributed by atoms with E-state index in [1.165, 1.54) is 0 Å². The molecule has 0 unspecified atom stereocenters. The lowest BCUT2D eigenvalue weighted by Gasteiger charge is -2.36. The van der Waals surface area contributed by atoms with Crippen molar-refractivity contribution in [3.05, 3.63) is 0 Å². The lowest BCUT2D eigenvalue weighted by Crippen LogP contribution is -2.36. The molecule has 0 atom stereocenters. The summed E-state index contributed by atoms with van der Waals surface area (Å²) in [6.07, 6.45) is 1.16. The minimum absolute atomic E-state index is 0. The Morgan fingerprint density at radius 2 is 1.58 bits per heavy atom. The van der Waals surface area contributed by atoms with E-state index in [1.54, 1.807) is 0 Å². The summed E-state index contributed by atoms with van der Waals surface area (Å²) in [7, 11) is 0. The van der Waals surface area contributed by atoms with Crippen LogP contribution in [-0.2, 0) is 0 Å². The van der Waals surface area contributed by atoms with Gasteiger partial charge in [0.2, 0.25) is 5.92 Å². The average molecular weight is 200 g/mol. The van der Waals surface area contributed by atoms with E-state index < -0.39 is 5.92 Å². The van der Waals surface area contributed by atoms with Crippen LogP contribution in [0.1, 0.15) is 32.6 Å². The van der Waals surface area contributed by atoms with Crippen molar-refractivity contribution < 1.29 is 8.78 Å². The zero-order chi connectivity index (χ0) is 8.54. The highest BCUT2D eigenvalue weighted by molar-refractivity contribution is 5.85. The van der Waals surface area contributed by atoms with Gasteiger partial charge < -0.3 is 5.73 Å². The second kappa shape index (κ2) is 3.88. The standard InChI is InChI=1S/C8H15F2N.ClH/c1-7(6-11)2-4-8(9,10)5-3-7;/h2-6,11H2,1H3;1H. The van der Waals surface area contributed by atoms with E-state index in [1.807, 2.05) is 6.92 Å². The van der Waals surface area contributed by atoms with Gasteiger partial charge in [0.25, 0.3) is 0 Å². The summed E-state index contributed by atoms with van der Waals surface area (Å²) in [5, 5.41) is 0. The van der Waals surface area contributed by atoms with Crippen LogP contribution in [0.4, 0.5) is 8.78 Å². The van der Waals surface area contributed by atoms with Crippen molar-refractivity contribution in [3.63, 3.8) is 0 Å². The molecule has 0 aromatic heterocycles. The summed E-state index contributed by atoms with van der Waals surface area (Å²) in [5.41, 5.74) is 5.46. The molecule has 0 bridgehead atoms. The summed E-state index contributed by atoms with van der Waals surface area (Å²) in [6, 6.07) is 0. The SMILES string of the molecule is CC1(CN)CCC(F)(F)CC1.Cl. The molecule has 1 saturated carbocycles. The third kappa shape index (κ3) is 2.87. The van der Waals surface area contributed by atoms with Crippen molar-refractivity contribution in [1.29, 1.82) is 0 Å². The molecule has 0 heterocycles. The Bertz CT molecular complexity index is 140. The summed E-state index contributed by atoms with van der Waals surface area (Å²) < 4.78 is 25.3. The molecular formula is C8H16ClF2N. The van der Waals surface area contributed by atoms with E-state index in [9.17, 15) is 8.78 Å². The van der Waals surface area contributed by atoms with Crippen molar-refractivity contribution in [2.24, 2.45) is 11.1 Å². The number of hydrogen-bond donors (Lipinski definition) is 1. The Hall–Kier alpha value is 0.110. The molecule has 0 saturated heterocycles. The molecule has 1 aliphatic rings. The summed E-state index contributed by atoms with van der Waals surface area (Å²) in [4.78, 5) is 0. The van der Waals surface area contributed by atoms with E-state index in [2.05, 4.69) is 0 Å². The normalized spacial score (nSPS) is 26.0. The van der Waals surface area contributed by atoms with Crippen LogP contribution in [0.2, 0.25) is 0 Å². The maximum Gasteiger partial charge on any atom is 0.248 e. The number of nitrogens with two attached hydrogens (primary N) is 1. The second-order valence-corrected chi connectivity index (χ2v) is 3.87. The number of halogens is 3. The number of rotatable bonds is 1. The van der Waals surface area contributed by atoms with Gasteiger partial charge in [0, 0.05) is 12.8 Å². The predicted molar refractivity (Wildman–Crippen MR) is 47.8 cm³/mol. The van der Waals surface area contributed by atoms with Crippen molar-refractivity contribution in [1.82, 2.24) is 0 Å². The van der Waals surface area contributed by atoms with Crippen LogP contribution >= 0.6 is 12.4 Å². The third-order valence-electron chi connectivity index (χ3n) is 2.68. The topological polar surface area (TPSA) is 26.0 Å². The van der Waals surface area contributed by atoms with E-state index in [4.69, 9.17) is 5.73 Å². The zero-order valence-corrected chi connectivity index (χ0v) is 8.09. The first-order valence-electron chi connectivity index (χ1n) is 4.05. The number of alkyl halides is 2. The molecule has 74 valence electrons. The molecule has 0 aromatic rings. The zero-order valence-electron chi connectivity index (χ0n) is 7.28. The van der Waals surface area contributed by atoms with Crippen LogP contribution < -0.4 is 5.73 Å². The van der Waals surface area contributed by atoms with Crippen molar-refractivity contribution in [2.45, 2.75) is 38.5 Å². The lowest BCUT2D eigenvalue weighted by molar-refractivity contribution is -0.0615. The van der Waals surface area contributed by atoms with Crippen LogP contribution in [-0.4, -0.2) is 12.5 Å². The predicted octanol–water partition coefficient (Wildman–Crippen LogP) is 2.58. The van der Waals surface area contributed by atoms with Gasteiger partial charge in [-0.1, -0.05) is 6.92 Å². The van der Waals surface area contributed by atoms with Gasteiger partial charge in [-0.25, -0.2) is 8.78 Å². The second-order valence-electron chi connectivity index (χ2n) is 3.87. The molecule has 2 N–H and O–H groups in total. The molecule has 0 amide bonds.